The number of pyridine rings is 1. The summed E-state index contributed by atoms with van der Waals surface area (Å²) in [5.74, 6) is 1.90. The standard InChI is InChI=1S/C17H27N3/c1-2-16(18)17-8-7-15(11-19-17)20-10-9-13-5-3-4-6-14(13)12-20/h7-8,11,13-14,16H,2-6,9-10,12,18H2,1H3/t13?,14?,16-/m1/s1. The molecule has 110 valence electrons. The Balaban J connectivity index is 1.67. The molecule has 1 aliphatic carbocycles. The fraction of sp³-hybridized carbons (Fsp3) is 0.706. The van der Waals surface area contributed by atoms with Crippen LogP contribution in [0, 0.1) is 11.8 Å². The molecule has 1 saturated carbocycles. The maximum Gasteiger partial charge on any atom is 0.0572 e. The monoisotopic (exact) mass is 273 g/mol. The highest BCUT2D eigenvalue weighted by Gasteiger charge is 2.31. The summed E-state index contributed by atoms with van der Waals surface area (Å²) in [5, 5.41) is 0. The summed E-state index contributed by atoms with van der Waals surface area (Å²) in [6.45, 7) is 4.53. The van der Waals surface area contributed by atoms with Crippen molar-refractivity contribution >= 4 is 5.69 Å². The summed E-state index contributed by atoms with van der Waals surface area (Å²) in [5.41, 5.74) is 8.33. The fourth-order valence-electron chi connectivity index (χ4n) is 3.85. The van der Waals surface area contributed by atoms with Crippen LogP contribution >= 0.6 is 0 Å². The predicted molar refractivity (Wildman–Crippen MR) is 83.7 cm³/mol. The van der Waals surface area contributed by atoms with Gasteiger partial charge in [0.15, 0.2) is 0 Å². The molecule has 0 aromatic carbocycles. The molecule has 1 aliphatic heterocycles. The summed E-state index contributed by atoms with van der Waals surface area (Å²) in [7, 11) is 0. The van der Waals surface area contributed by atoms with Crippen LogP contribution in [0.4, 0.5) is 5.69 Å². The average molecular weight is 273 g/mol. The maximum atomic E-state index is 6.03. The lowest BCUT2D eigenvalue weighted by Crippen LogP contribution is -2.41. The highest BCUT2D eigenvalue weighted by Crippen LogP contribution is 2.37. The van der Waals surface area contributed by atoms with E-state index in [0.717, 1.165) is 24.0 Å². The van der Waals surface area contributed by atoms with Gasteiger partial charge in [-0.2, -0.15) is 0 Å². The van der Waals surface area contributed by atoms with Gasteiger partial charge in [-0.05, 0) is 43.2 Å². The van der Waals surface area contributed by atoms with Crippen molar-refractivity contribution in [2.24, 2.45) is 17.6 Å². The Labute approximate surface area is 122 Å². The maximum absolute atomic E-state index is 6.03. The Hall–Kier alpha value is -1.09. The van der Waals surface area contributed by atoms with Crippen LogP contribution in [0.3, 0.4) is 0 Å². The zero-order valence-electron chi connectivity index (χ0n) is 12.6. The summed E-state index contributed by atoms with van der Waals surface area (Å²) in [4.78, 5) is 7.09. The smallest absolute Gasteiger partial charge is 0.0572 e. The van der Waals surface area contributed by atoms with E-state index in [-0.39, 0.29) is 6.04 Å². The fourth-order valence-corrected chi connectivity index (χ4v) is 3.85. The minimum absolute atomic E-state index is 0.0770. The van der Waals surface area contributed by atoms with Crippen LogP contribution in [0.5, 0.6) is 0 Å². The topological polar surface area (TPSA) is 42.1 Å². The van der Waals surface area contributed by atoms with Gasteiger partial charge < -0.3 is 10.6 Å². The number of fused-ring (bicyclic) bond motifs is 1. The molecule has 3 atom stereocenters. The molecule has 1 aromatic rings. The molecule has 3 nitrogen and oxygen atoms in total. The van der Waals surface area contributed by atoms with Crippen LogP contribution in [0.1, 0.15) is 57.2 Å². The third-order valence-corrected chi connectivity index (χ3v) is 5.25. The first kappa shape index (κ1) is 13.9. The van der Waals surface area contributed by atoms with E-state index in [0.29, 0.717) is 0 Å². The molecule has 0 radical (unpaired) electrons. The minimum atomic E-state index is 0.0770. The van der Waals surface area contributed by atoms with Crippen LogP contribution in [-0.2, 0) is 0 Å². The second kappa shape index (κ2) is 6.13. The number of hydrogen-bond acceptors (Lipinski definition) is 3. The van der Waals surface area contributed by atoms with Crippen LogP contribution in [0.25, 0.3) is 0 Å². The first-order valence-corrected chi connectivity index (χ1v) is 8.24. The first-order chi connectivity index (χ1) is 9.78. The highest BCUT2D eigenvalue weighted by atomic mass is 15.1. The van der Waals surface area contributed by atoms with Gasteiger partial charge in [-0.15, -0.1) is 0 Å². The quantitative estimate of drug-likeness (QED) is 0.916. The van der Waals surface area contributed by atoms with Crippen molar-refractivity contribution in [2.75, 3.05) is 18.0 Å². The van der Waals surface area contributed by atoms with Crippen LogP contribution in [0.2, 0.25) is 0 Å². The third-order valence-electron chi connectivity index (χ3n) is 5.25. The van der Waals surface area contributed by atoms with Crippen molar-refractivity contribution < 1.29 is 0 Å². The third kappa shape index (κ3) is 2.83. The van der Waals surface area contributed by atoms with E-state index in [4.69, 9.17) is 5.73 Å². The summed E-state index contributed by atoms with van der Waals surface area (Å²) in [6.07, 6.45) is 10.1. The van der Waals surface area contributed by atoms with Gasteiger partial charge in [0.05, 0.1) is 17.6 Å². The number of hydrogen-bond donors (Lipinski definition) is 1. The largest absolute Gasteiger partial charge is 0.370 e. The van der Waals surface area contributed by atoms with E-state index in [1.165, 1.54) is 50.9 Å². The SMILES string of the molecule is CC[C@@H](N)c1ccc(N2CCC3CCCCC3C2)cn1. The number of aromatic nitrogens is 1. The molecule has 2 fully saturated rings. The predicted octanol–water partition coefficient (Wildman–Crippen LogP) is 3.51. The second-order valence-electron chi connectivity index (χ2n) is 6.50. The van der Waals surface area contributed by atoms with Gasteiger partial charge in [-0.3, -0.25) is 4.98 Å². The number of anilines is 1. The Kier molecular flexibility index (Phi) is 4.25. The molecule has 2 N–H and O–H groups in total. The van der Waals surface area contributed by atoms with E-state index in [1.54, 1.807) is 0 Å². The van der Waals surface area contributed by atoms with E-state index < -0.39 is 0 Å². The van der Waals surface area contributed by atoms with Crippen molar-refractivity contribution in [1.82, 2.24) is 4.98 Å². The van der Waals surface area contributed by atoms with Gasteiger partial charge >= 0.3 is 0 Å². The van der Waals surface area contributed by atoms with E-state index >= 15 is 0 Å². The molecule has 2 aliphatic rings. The van der Waals surface area contributed by atoms with Gasteiger partial charge in [0.2, 0.25) is 0 Å². The molecular weight excluding hydrogens is 246 g/mol. The Morgan fingerprint density at radius 2 is 2.05 bits per heavy atom. The molecule has 2 heterocycles. The number of nitrogens with two attached hydrogens (primary N) is 1. The zero-order chi connectivity index (χ0) is 13.9. The molecular formula is C17H27N3. The van der Waals surface area contributed by atoms with Crippen LogP contribution in [-0.4, -0.2) is 18.1 Å². The molecule has 3 rings (SSSR count). The molecule has 20 heavy (non-hydrogen) atoms. The van der Waals surface area contributed by atoms with Crippen molar-refractivity contribution in [3.8, 4) is 0 Å². The van der Waals surface area contributed by atoms with Crippen LogP contribution in [0.15, 0.2) is 18.3 Å². The van der Waals surface area contributed by atoms with E-state index in [2.05, 4.69) is 28.9 Å². The highest BCUT2D eigenvalue weighted by molar-refractivity contribution is 5.45. The first-order valence-electron chi connectivity index (χ1n) is 8.24. The van der Waals surface area contributed by atoms with Gasteiger partial charge in [0, 0.05) is 19.1 Å². The van der Waals surface area contributed by atoms with Gasteiger partial charge in [-0.1, -0.05) is 26.2 Å². The van der Waals surface area contributed by atoms with Gasteiger partial charge in [0.25, 0.3) is 0 Å². The van der Waals surface area contributed by atoms with Gasteiger partial charge in [0.1, 0.15) is 0 Å². The van der Waals surface area contributed by atoms with Crippen molar-refractivity contribution in [3.63, 3.8) is 0 Å². The molecule has 0 bridgehead atoms. The normalized spacial score (nSPS) is 28.0. The van der Waals surface area contributed by atoms with Crippen molar-refractivity contribution in [1.29, 1.82) is 0 Å². The second-order valence-corrected chi connectivity index (χ2v) is 6.50. The number of piperidine rings is 1. The lowest BCUT2D eigenvalue weighted by Gasteiger charge is -2.42. The summed E-state index contributed by atoms with van der Waals surface area (Å²) >= 11 is 0. The average Bonchev–Trinajstić information content (AvgIpc) is 2.54. The van der Waals surface area contributed by atoms with Crippen molar-refractivity contribution in [2.45, 2.75) is 51.5 Å². The molecule has 1 aromatic heterocycles. The number of rotatable bonds is 3. The zero-order valence-corrected chi connectivity index (χ0v) is 12.6. The Morgan fingerprint density at radius 3 is 2.75 bits per heavy atom. The minimum Gasteiger partial charge on any atom is -0.370 e. The molecule has 1 saturated heterocycles. The molecule has 3 heteroatoms. The molecule has 2 unspecified atom stereocenters. The van der Waals surface area contributed by atoms with E-state index in [9.17, 15) is 0 Å². The Morgan fingerprint density at radius 1 is 1.25 bits per heavy atom. The molecule has 0 spiro atoms. The lowest BCUT2D eigenvalue weighted by atomic mass is 9.75. The summed E-state index contributed by atoms with van der Waals surface area (Å²) in [6, 6.07) is 4.39. The van der Waals surface area contributed by atoms with Crippen LogP contribution < -0.4 is 10.6 Å². The number of nitrogens with zero attached hydrogens (tertiary/aromatic N) is 2. The van der Waals surface area contributed by atoms with E-state index in [1.807, 2.05) is 6.20 Å². The molecule has 0 amide bonds. The van der Waals surface area contributed by atoms with Crippen molar-refractivity contribution in [3.05, 3.63) is 24.0 Å². The Bertz CT molecular complexity index is 428. The van der Waals surface area contributed by atoms with Gasteiger partial charge in [-0.25, -0.2) is 0 Å². The lowest BCUT2D eigenvalue weighted by molar-refractivity contribution is 0.202. The summed E-state index contributed by atoms with van der Waals surface area (Å²) < 4.78 is 0.